The number of hydrogen-bond acceptors (Lipinski definition) is 4. The van der Waals surface area contributed by atoms with Crippen molar-refractivity contribution in [2.24, 2.45) is 12.0 Å². The lowest BCUT2D eigenvalue weighted by atomic mass is 10.1. The summed E-state index contributed by atoms with van der Waals surface area (Å²) < 4.78 is 29.7. The van der Waals surface area contributed by atoms with Crippen molar-refractivity contribution in [3.05, 3.63) is 63.6 Å². The Morgan fingerprint density at radius 3 is 2.86 bits per heavy atom. The Balaban J connectivity index is 1.88. The molecule has 2 aliphatic heterocycles. The molecule has 0 unspecified atom stereocenters. The van der Waals surface area contributed by atoms with E-state index in [1.807, 2.05) is 17.7 Å². The van der Waals surface area contributed by atoms with Crippen LogP contribution in [0.5, 0.6) is 5.88 Å². The van der Waals surface area contributed by atoms with Crippen LogP contribution in [0.1, 0.15) is 5.56 Å². The van der Waals surface area contributed by atoms with Crippen molar-refractivity contribution in [3.63, 3.8) is 0 Å². The van der Waals surface area contributed by atoms with Gasteiger partial charge in [-0.3, -0.25) is 0 Å². The lowest BCUT2D eigenvalue weighted by molar-refractivity contribution is 0.457. The van der Waals surface area contributed by atoms with E-state index in [-0.39, 0.29) is 23.5 Å². The maximum atomic E-state index is 14.5. The fourth-order valence-electron chi connectivity index (χ4n) is 3.81. The summed E-state index contributed by atoms with van der Waals surface area (Å²) in [6.45, 7) is 0.290. The number of nitrogens with zero attached hydrogens (tertiary/aromatic N) is 3. The summed E-state index contributed by atoms with van der Waals surface area (Å²) in [6.07, 6.45) is 5.11. The molecule has 3 aromatic rings. The molecule has 0 bridgehead atoms. The molecular formula is C20H15F2N5O. The summed E-state index contributed by atoms with van der Waals surface area (Å²) in [5.74, 6) is -0.983. The van der Waals surface area contributed by atoms with Gasteiger partial charge in [-0.05, 0) is 24.3 Å². The van der Waals surface area contributed by atoms with Gasteiger partial charge in [0.05, 0.1) is 32.9 Å². The number of aryl methyl sites for hydroxylation is 1. The quantitative estimate of drug-likeness (QED) is 0.596. The van der Waals surface area contributed by atoms with Crippen LogP contribution in [-0.4, -0.2) is 27.4 Å². The van der Waals surface area contributed by atoms with E-state index in [1.54, 1.807) is 23.4 Å². The van der Waals surface area contributed by atoms with Gasteiger partial charge in [-0.2, -0.15) is 0 Å². The van der Waals surface area contributed by atoms with Crippen molar-refractivity contribution in [1.29, 1.82) is 5.41 Å². The van der Waals surface area contributed by atoms with E-state index >= 15 is 0 Å². The molecule has 2 aliphatic rings. The zero-order chi connectivity index (χ0) is 19.6. The molecule has 0 amide bonds. The first kappa shape index (κ1) is 16.5. The fourth-order valence-corrected chi connectivity index (χ4v) is 3.81. The SMILES string of the molecule is Cn1ccc(=N)c2c1-c1c(O)[nH]c3c1=C(N=C2)N(c1ccc(F)cc1F)CC=3. The van der Waals surface area contributed by atoms with Crippen molar-refractivity contribution in [3.8, 4) is 17.1 Å². The molecule has 0 fully saturated rings. The number of H-pyrrole nitrogens is 1. The van der Waals surface area contributed by atoms with Gasteiger partial charge in [0, 0.05) is 37.6 Å². The van der Waals surface area contributed by atoms with Crippen LogP contribution in [0.25, 0.3) is 23.2 Å². The van der Waals surface area contributed by atoms with E-state index in [2.05, 4.69) is 9.98 Å². The highest BCUT2D eigenvalue weighted by atomic mass is 19.1. The Labute approximate surface area is 157 Å². The number of benzene rings is 1. The minimum absolute atomic E-state index is 0.0480. The van der Waals surface area contributed by atoms with Crippen molar-refractivity contribution in [2.45, 2.75) is 0 Å². The van der Waals surface area contributed by atoms with Gasteiger partial charge < -0.3 is 25.0 Å². The van der Waals surface area contributed by atoms with Gasteiger partial charge in [0.25, 0.3) is 0 Å². The topological polar surface area (TPSA) is 80.4 Å². The van der Waals surface area contributed by atoms with Gasteiger partial charge in [-0.1, -0.05) is 0 Å². The normalized spacial score (nSPS) is 14.4. The first-order chi connectivity index (χ1) is 13.5. The van der Waals surface area contributed by atoms with E-state index < -0.39 is 11.6 Å². The van der Waals surface area contributed by atoms with E-state index in [0.717, 1.165) is 6.07 Å². The Kier molecular flexibility index (Phi) is 3.33. The average Bonchev–Trinajstić information content (AvgIpc) is 2.86. The largest absolute Gasteiger partial charge is 0.494 e. The van der Waals surface area contributed by atoms with Crippen molar-refractivity contribution in [1.82, 2.24) is 9.55 Å². The molecular weight excluding hydrogens is 364 g/mol. The summed E-state index contributed by atoms with van der Waals surface area (Å²) in [5, 5.41) is 20.4. The summed E-state index contributed by atoms with van der Waals surface area (Å²) >= 11 is 0. The van der Waals surface area contributed by atoms with E-state index in [0.29, 0.717) is 33.2 Å². The molecule has 0 atom stereocenters. The molecule has 5 rings (SSSR count). The summed E-state index contributed by atoms with van der Waals surface area (Å²) in [7, 11) is 1.82. The molecule has 140 valence electrons. The van der Waals surface area contributed by atoms with Crippen LogP contribution in [0.15, 0.2) is 35.5 Å². The number of halogens is 2. The Bertz CT molecular complexity index is 1370. The zero-order valence-corrected chi connectivity index (χ0v) is 14.8. The third kappa shape index (κ3) is 2.17. The molecule has 0 saturated carbocycles. The Morgan fingerprint density at radius 1 is 1.25 bits per heavy atom. The number of aromatic nitrogens is 2. The summed E-state index contributed by atoms with van der Waals surface area (Å²) in [5.41, 5.74) is 1.86. The van der Waals surface area contributed by atoms with Gasteiger partial charge >= 0.3 is 0 Å². The first-order valence-electron chi connectivity index (χ1n) is 8.62. The average molecular weight is 379 g/mol. The van der Waals surface area contributed by atoms with Crippen molar-refractivity contribution < 1.29 is 13.9 Å². The third-order valence-corrected chi connectivity index (χ3v) is 5.08. The second-order valence-electron chi connectivity index (χ2n) is 6.73. The number of hydrogen-bond donors (Lipinski definition) is 3. The van der Waals surface area contributed by atoms with Gasteiger partial charge in [0.1, 0.15) is 17.5 Å². The molecule has 2 aromatic heterocycles. The molecule has 0 spiro atoms. The van der Waals surface area contributed by atoms with E-state index in [4.69, 9.17) is 5.41 Å². The standard InChI is InChI=1S/C20H15F2N5O/c1-26-6-4-13(23)11-9-24-19-16-14(25-20(28)17(16)18(11)26)5-7-27(19)15-3-2-10(21)8-12(15)22/h2-6,8-9,23,25,28H,7H2,1H3. The number of aliphatic imine (C=N–C) groups is 1. The van der Waals surface area contributed by atoms with Crippen LogP contribution in [0.2, 0.25) is 0 Å². The van der Waals surface area contributed by atoms with Crippen LogP contribution in [0.3, 0.4) is 0 Å². The fraction of sp³-hybridized carbons (Fsp3) is 0.100. The van der Waals surface area contributed by atoms with Crippen LogP contribution in [0.4, 0.5) is 14.5 Å². The minimum atomic E-state index is -0.700. The van der Waals surface area contributed by atoms with E-state index in [9.17, 15) is 13.9 Å². The first-order valence-corrected chi connectivity index (χ1v) is 8.62. The number of aromatic amines is 1. The zero-order valence-electron chi connectivity index (χ0n) is 14.8. The molecule has 3 N–H and O–H groups in total. The third-order valence-electron chi connectivity index (χ3n) is 5.08. The molecule has 6 nitrogen and oxygen atoms in total. The van der Waals surface area contributed by atoms with Crippen LogP contribution >= 0.6 is 0 Å². The van der Waals surface area contributed by atoms with E-state index in [1.165, 1.54) is 12.1 Å². The summed E-state index contributed by atoms with van der Waals surface area (Å²) in [4.78, 5) is 9.12. The molecule has 28 heavy (non-hydrogen) atoms. The molecule has 0 saturated heterocycles. The lowest BCUT2D eigenvalue weighted by Gasteiger charge is -2.25. The molecule has 0 aliphatic carbocycles. The van der Waals surface area contributed by atoms with Crippen LogP contribution in [-0.2, 0) is 7.05 Å². The number of pyridine rings is 1. The number of aromatic hydroxyl groups is 1. The summed E-state index contributed by atoms with van der Waals surface area (Å²) in [6, 6.07) is 5.04. The maximum absolute atomic E-state index is 14.5. The molecule has 4 heterocycles. The second-order valence-corrected chi connectivity index (χ2v) is 6.73. The predicted octanol–water partition coefficient (Wildman–Crippen LogP) is 1.28. The van der Waals surface area contributed by atoms with Gasteiger partial charge in [0.15, 0.2) is 5.88 Å². The van der Waals surface area contributed by atoms with Crippen LogP contribution in [0, 0.1) is 17.0 Å². The molecule has 0 radical (unpaired) electrons. The lowest BCUT2D eigenvalue weighted by Crippen LogP contribution is -2.39. The smallest absolute Gasteiger partial charge is 0.199 e. The number of rotatable bonds is 1. The Hall–Kier alpha value is -3.68. The monoisotopic (exact) mass is 379 g/mol. The highest BCUT2D eigenvalue weighted by Gasteiger charge is 2.27. The number of fused-ring (bicyclic) bond motifs is 2. The highest BCUT2D eigenvalue weighted by molar-refractivity contribution is 5.96. The molecule has 8 heteroatoms. The number of nitrogens with one attached hydrogen (secondary N) is 2. The molecule has 1 aromatic carbocycles. The van der Waals surface area contributed by atoms with Crippen LogP contribution < -0.4 is 20.8 Å². The van der Waals surface area contributed by atoms with Gasteiger partial charge in [0.2, 0.25) is 0 Å². The highest BCUT2D eigenvalue weighted by Crippen LogP contribution is 2.31. The van der Waals surface area contributed by atoms with Gasteiger partial charge in [-0.15, -0.1) is 0 Å². The second kappa shape index (κ2) is 5.66. The maximum Gasteiger partial charge on any atom is 0.199 e. The predicted molar refractivity (Wildman–Crippen MR) is 101 cm³/mol. The van der Waals surface area contributed by atoms with Crippen molar-refractivity contribution in [2.75, 3.05) is 11.4 Å². The van der Waals surface area contributed by atoms with Gasteiger partial charge in [-0.25, -0.2) is 13.8 Å². The van der Waals surface area contributed by atoms with Crippen molar-refractivity contribution >= 4 is 23.8 Å². The number of anilines is 1. The Morgan fingerprint density at radius 2 is 2.07 bits per heavy atom. The minimum Gasteiger partial charge on any atom is -0.494 e.